The van der Waals surface area contributed by atoms with E-state index in [1.807, 2.05) is 0 Å². The molecule has 0 fully saturated rings. The predicted molar refractivity (Wildman–Crippen MR) is 97.1 cm³/mol. The van der Waals surface area contributed by atoms with Gasteiger partial charge in [0.1, 0.15) is 11.5 Å². The molecule has 0 heterocycles. The number of rotatable bonds is 10. The molecule has 0 bridgehead atoms. The molecular formula is C17H26Br2O2. The molecular weight excluding hydrogens is 396 g/mol. The zero-order valence-electron chi connectivity index (χ0n) is 28.1. The minimum Gasteiger partial charge on any atom is -0.496 e. The first-order chi connectivity index (χ1) is 16.7. The van der Waals surface area contributed by atoms with Crippen LogP contribution in [0.3, 0.4) is 0 Å². The zero-order valence-corrected chi connectivity index (χ0v) is 14.3. The smallest absolute Gasteiger partial charge is 0.123 e. The molecule has 120 valence electrons. The lowest BCUT2D eigenvalue weighted by Crippen LogP contribution is -2.12. The van der Waals surface area contributed by atoms with Crippen molar-refractivity contribution in [2.45, 2.75) is 49.9 Å². The van der Waals surface area contributed by atoms with Gasteiger partial charge in [-0.1, -0.05) is 64.7 Å². The molecule has 0 N–H and O–H groups in total. The van der Waals surface area contributed by atoms with Gasteiger partial charge in [-0.2, -0.15) is 0 Å². The summed E-state index contributed by atoms with van der Waals surface area (Å²) in [5.74, 6) is -4.56. The first-order valence-corrected chi connectivity index (χ1v) is 7.91. The van der Waals surface area contributed by atoms with Crippen molar-refractivity contribution in [3.05, 3.63) is 23.3 Å². The standard InChI is InChI=1S/C17H26Br2O2/c1-4-6-7-13(5-2)12-21-17-9-14(10-18)16(20-3)8-15(17)11-19/h8-9,13H,4-7,10-12H2,1-3H3/i1D3,2D3,4D2,5D2,6D2,7D2,12D2,13D. The first-order valence-electron chi connectivity index (χ1n) is 14.2. The fourth-order valence-corrected chi connectivity index (χ4v) is 2.30. The molecule has 1 aromatic carbocycles. The minimum absolute atomic E-state index is 0.0379. The third-order valence-electron chi connectivity index (χ3n) is 2.39. The van der Waals surface area contributed by atoms with Crippen molar-refractivity contribution in [1.82, 2.24) is 0 Å². The van der Waals surface area contributed by atoms with Gasteiger partial charge in [0.05, 0.1) is 16.4 Å². The van der Waals surface area contributed by atoms with E-state index in [1.165, 1.54) is 19.2 Å². The average Bonchev–Trinajstić information content (AvgIpc) is 2.75. The highest BCUT2D eigenvalue weighted by Crippen LogP contribution is 2.32. The lowest BCUT2D eigenvalue weighted by Gasteiger charge is -2.18. The maximum atomic E-state index is 8.73. The van der Waals surface area contributed by atoms with Gasteiger partial charge in [0.25, 0.3) is 0 Å². The van der Waals surface area contributed by atoms with E-state index in [1.54, 1.807) is 0 Å². The van der Waals surface area contributed by atoms with E-state index in [2.05, 4.69) is 31.9 Å². The lowest BCUT2D eigenvalue weighted by molar-refractivity contribution is 0.231. The van der Waals surface area contributed by atoms with Crippen LogP contribution in [-0.4, -0.2) is 13.7 Å². The van der Waals surface area contributed by atoms with Crippen molar-refractivity contribution >= 4 is 31.9 Å². The average molecular weight is 439 g/mol. The molecule has 0 amide bonds. The molecule has 1 aromatic rings. The van der Waals surface area contributed by atoms with E-state index in [9.17, 15) is 0 Å². The van der Waals surface area contributed by atoms with E-state index >= 15 is 0 Å². The van der Waals surface area contributed by atoms with Gasteiger partial charge in [0.2, 0.25) is 0 Å². The molecule has 0 radical (unpaired) electrons. The molecule has 0 aliphatic carbocycles. The highest BCUT2D eigenvalue weighted by Gasteiger charge is 2.13. The van der Waals surface area contributed by atoms with E-state index < -0.39 is 57.4 Å². The Morgan fingerprint density at radius 3 is 2.57 bits per heavy atom. The quantitative estimate of drug-likeness (QED) is 0.412. The van der Waals surface area contributed by atoms with E-state index in [0.29, 0.717) is 11.3 Å². The van der Waals surface area contributed by atoms with Gasteiger partial charge < -0.3 is 9.47 Å². The van der Waals surface area contributed by atoms with Crippen molar-refractivity contribution in [2.24, 2.45) is 5.89 Å². The van der Waals surface area contributed by atoms with Gasteiger partial charge in [-0.15, -0.1) is 0 Å². The molecule has 0 saturated heterocycles. The maximum absolute atomic E-state index is 8.73. The van der Waals surface area contributed by atoms with Crippen molar-refractivity contribution in [3.8, 4) is 11.5 Å². The summed E-state index contributed by atoms with van der Waals surface area (Å²) in [6.07, 6.45) is -17.3. The van der Waals surface area contributed by atoms with Crippen LogP contribution in [0.1, 0.15) is 73.6 Å². The number of hydrogen-bond acceptors (Lipinski definition) is 2. The summed E-state index contributed by atoms with van der Waals surface area (Å²) < 4.78 is 146. The van der Waals surface area contributed by atoms with Crippen LogP contribution in [0.2, 0.25) is 0 Å². The minimum atomic E-state index is -4.49. The topological polar surface area (TPSA) is 18.5 Å². The lowest BCUT2D eigenvalue weighted by atomic mass is 10.0. The Hall–Kier alpha value is -0.220. The highest BCUT2D eigenvalue weighted by molar-refractivity contribution is 9.08. The monoisotopic (exact) mass is 437 g/mol. The van der Waals surface area contributed by atoms with Crippen LogP contribution in [0.25, 0.3) is 0 Å². The molecule has 0 saturated carbocycles. The van der Waals surface area contributed by atoms with Gasteiger partial charge >= 0.3 is 0 Å². The fourth-order valence-electron chi connectivity index (χ4n) is 1.42. The molecule has 1 atom stereocenters. The summed E-state index contributed by atoms with van der Waals surface area (Å²) in [6, 6.07) is 2.57. The van der Waals surface area contributed by atoms with E-state index in [0.717, 1.165) is 0 Å². The Morgan fingerprint density at radius 2 is 1.95 bits per heavy atom. The third-order valence-corrected chi connectivity index (χ3v) is 3.60. The van der Waals surface area contributed by atoms with Gasteiger partial charge in [-0.25, -0.2) is 0 Å². The van der Waals surface area contributed by atoms with Crippen molar-refractivity contribution in [3.63, 3.8) is 0 Å². The van der Waals surface area contributed by atoms with Crippen molar-refractivity contribution < 1.29 is 32.8 Å². The normalized spacial score (nSPS) is 30.3. The third kappa shape index (κ3) is 5.82. The Morgan fingerprint density at radius 1 is 1.24 bits per heavy atom. The van der Waals surface area contributed by atoms with E-state index in [-0.39, 0.29) is 16.2 Å². The van der Waals surface area contributed by atoms with Gasteiger partial charge in [-0.05, 0) is 24.4 Å². The van der Waals surface area contributed by atoms with Gasteiger partial charge in [0, 0.05) is 42.3 Å². The Labute approximate surface area is 169 Å². The molecule has 0 spiro atoms. The second-order valence-corrected chi connectivity index (χ2v) is 4.74. The first kappa shape index (κ1) is 5.70. The highest BCUT2D eigenvalue weighted by atomic mass is 79.9. The molecule has 0 aliphatic heterocycles. The largest absolute Gasteiger partial charge is 0.496 e. The summed E-state index contributed by atoms with van der Waals surface area (Å²) in [5.41, 5.74) is 0.489. The predicted octanol–water partition coefficient (Wildman–Crippen LogP) is 6.08. The Bertz CT molecular complexity index is 1010. The number of hydrogen-bond donors (Lipinski definition) is 0. The van der Waals surface area contributed by atoms with Crippen molar-refractivity contribution in [2.75, 3.05) is 13.7 Å². The molecule has 2 nitrogen and oxygen atoms in total. The van der Waals surface area contributed by atoms with Gasteiger partial charge in [0.15, 0.2) is 0 Å². The summed E-state index contributed by atoms with van der Waals surface area (Å²) in [7, 11) is 1.34. The molecule has 1 rings (SSSR count). The second kappa shape index (κ2) is 10.5. The van der Waals surface area contributed by atoms with Crippen molar-refractivity contribution in [1.29, 1.82) is 0 Å². The van der Waals surface area contributed by atoms with Gasteiger partial charge in [-0.3, -0.25) is 0 Å². The van der Waals surface area contributed by atoms with Crippen LogP contribution in [0.5, 0.6) is 11.5 Å². The molecule has 1 unspecified atom stereocenters. The van der Waals surface area contributed by atoms with Crippen LogP contribution >= 0.6 is 31.9 Å². The fraction of sp³-hybridized carbons (Fsp3) is 0.647. The van der Waals surface area contributed by atoms with Crippen LogP contribution < -0.4 is 9.47 Å². The molecule has 21 heavy (non-hydrogen) atoms. The Balaban J connectivity index is 4.11. The maximum Gasteiger partial charge on any atom is 0.123 e. The number of halogens is 2. The molecule has 0 aromatic heterocycles. The van der Waals surface area contributed by atoms with Crippen LogP contribution in [-0.2, 0) is 10.7 Å². The van der Waals surface area contributed by atoms with Crippen LogP contribution in [0, 0.1) is 5.89 Å². The summed E-state index contributed by atoms with van der Waals surface area (Å²) in [6.45, 7) is -11.9. The van der Waals surface area contributed by atoms with E-state index in [4.69, 9.17) is 32.8 Å². The SMILES string of the molecule is [2H]C([2H])([2H])C([2H])([2H])C([2H])([2H])C([2H])([2H])C([2H])(C([2H])([2H])Oc1cc(CBr)c(OC)cc1CBr)C([2H])([2H])C([2H])([2H])[2H]. The number of methoxy groups -OCH3 is 1. The number of benzene rings is 1. The van der Waals surface area contributed by atoms with Crippen LogP contribution in [0.4, 0.5) is 0 Å². The second-order valence-electron chi connectivity index (χ2n) is 3.62. The number of ether oxygens (including phenoxy) is 2. The Kier molecular flexibility index (Phi) is 2.85. The summed E-state index contributed by atoms with van der Waals surface area (Å²) >= 11 is 6.33. The number of alkyl halides is 2. The van der Waals surface area contributed by atoms with Crippen LogP contribution in [0.15, 0.2) is 12.1 Å². The zero-order chi connectivity index (χ0) is 30.6. The molecule has 0 aliphatic rings. The summed E-state index contributed by atoms with van der Waals surface area (Å²) in [4.78, 5) is 0. The summed E-state index contributed by atoms with van der Waals surface area (Å²) in [5, 5.41) is 0.0895. The molecule has 4 heteroatoms.